The van der Waals surface area contributed by atoms with Crippen molar-refractivity contribution in [2.45, 2.75) is 19.9 Å². The lowest BCUT2D eigenvalue weighted by atomic mass is 10.4. The Balaban J connectivity index is 3.82. The molecule has 0 amide bonds. The minimum Gasteiger partial charge on any atom is -0.322 e. The maximum absolute atomic E-state index is 6.90. The predicted octanol–water partition coefficient (Wildman–Crippen LogP) is 0.962. The van der Waals surface area contributed by atoms with Crippen LogP contribution in [0.25, 0.3) is 0 Å². The van der Waals surface area contributed by atoms with Crippen molar-refractivity contribution in [3.05, 3.63) is 0 Å². The monoisotopic (exact) mass is 127 g/mol. The van der Waals surface area contributed by atoms with Crippen LogP contribution in [0.2, 0.25) is 0 Å². The van der Waals surface area contributed by atoms with E-state index >= 15 is 0 Å². The minimum absolute atomic E-state index is 0.325. The van der Waals surface area contributed by atoms with Crippen LogP contribution in [-0.2, 0) is 0 Å². The van der Waals surface area contributed by atoms with Gasteiger partial charge in [0.05, 0.1) is 12.7 Å². The fourth-order valence-electron chi connectivity index (χ4n) is 0.449. The summed E-state index contributed by atoms with van der Waals surface area (Å²) in [6, 6.07) is 0.325. The second-order valence-corrected chi connectivity index (χ2v) is 2.04. The molecular weight excluding hydrogens is 114 g/mol. The summed E-state index contributed by atoms with van der Waals surface area (Å²) in [7, 11) is 1.69. The lowest BCUT2D eigenvalue weighted by Crippen LogP contribution is -2.27. The van der Waals surface area contributed by atoms with Gasteiger partial charge in [-0.2, -0.15) is 0 Å². The summed E-state index contributed by atoms with van der Waals surface area (Å²) in [5.74, 6) is 0. The topological polar surface area (TPSA) is 39.5 Å². The molecule has 0 rings (SSSR count). The smallest absolute Gasteiger partial charge is 0.0900 e. The van der Waals surface area contributed by atoms with E-state index in [0.717, 1.165) is 0 Å². The summed E-state index contributed by atoms with van der Waals surface area (Å²) in [6.07, 6.45) is 2.90. The molecule has 0 aliphatic rings. The fourth-order valence-corrected chi connectivity index (χ4v) is 0.449. The van der Waals surface area contributed by atoms with Crippen molar-refractivity contribution < 1.29 is 0 Å². The number of hydrogen-bond acceptors (Lipinski definition) is 2. The first-order valence-corrected chi connectivity index (χ1v) is 2.92. The lowest BCUT2D eigenvalue weighted by molar-refractivity contribution is 0.522. The van der Waals surface area contributed by atoms with Crippen LogP contribution in [0.3, 0.4) is 0 Å². The average Bonchev–Trinajstić information content (AvgIpc) is 1.82. The van der Waals surface area contributed by atoms with E-state index in [-0.39, 0.29) is 0 Å². The zero-order valence-electron chi connectivity index (χ0n) is 6.13. The molecule has 0 unspecified atom stereocenters. The third-order valence-corrected chi connectivity index (χ3v) is 0.994. The van der Waals surface area contributed by atoms with Crippen molar-refractivity contribution >= 4 is 12.7 Å². The van der Waals surface area contributed by atoms with E-state index in [4.69, 9.17) is 5.41 Å². The van der Waals surface area contributed by atoms with Gasteiger partial charge in [-0.25, -0.2) is 0 Å². The van der Waals surface area contributed by atoms with Gasteiger partial charge in [-0.1, -0.05) is 0 Å². The summed E-state index contributed by atoms with van der Waals surface area (Å²) in [5, 5.41) is 6.90. The van der Waals surface area contributed by atoms with Crippen LogP contribution < -0.4 is 0 Å². The number of nitrogens with one attached hydrogen (secondary N) is 1. The molecule has 0 aromatic rings. The van der Waals surface area contributed by atoms with E-state index in [1.807, 2.05) is 13.8 Å². The van der Waals surface area contributed by atoms with Crippen molar-refractivity contribution in [2.75, 3.05) is 7.05 Å². The second-order valence-electron chi connectivity index (χ2n) is 2.04. The van der Waals surface area contributed by atoms with Gasteiger partial charge in [-0.15, -0.1) is 0 Å². The molecule has 0 radical (unpaired) electrons. The van der Waals surface area contributed by atoms with Crippen LogP contribution in [0, 0.1) is 5.41 Å². The number of rotatable bonds is 3. The van der Waals surface area contributed by atoms with Crippen molar-refractivity contribution in [3.8, 4) is 0 Å². The van der Waals surface area contributed by atoms with Gasteiger partial charge in [0.25, 0.3) is 0 Å². The predicted molar refractivity (Wildman–Crippen MR) is 40.2 cm³/mol. The highest BCUT2D eigenvalue weighted by Gasteiger charge is 1.97. The first-order valence-electron chi connectivity index (χ1n) is 2.92. The zero-order valence-corrected chi connectivity index (χ0v) is 6.13. The van der Waals surface area contributed by atoms with Crippen LogP contribution in [-0.4, -0.2) is 30.7 Å². The van der Waals surface area contributed by atoms with Crippen LogP contribution in [0.15, 0.2) is 4.99 Å². The Morgan fingerprint density at radius 1 is 1.56 bits per heavy atom. The molecule has 0 aromatic heterocycles. The van der Waals surface area contributed by atoms with Crippen LogP contribution >= 0.6 is 0 Å². The summed E-state index contributed by atoms with van der Waals surface area (Å²) in [4.78, 5) is 5.50. The van der Waals surface area contributed by atoms with Gasteiger partial charge in [0, 0.05) is 13.1 Å². The molecule has 0 aliphatic heterocycles. The van der Waals surface area contributed by atoms with E-state index in [1.54, 1.807) is 18.3 Å². The molecule has 52 valence electrons. The Kier molecular flexibility index (Phi) is 3.67. The molecule has 0 bridgehead atoms. The highest BCUT2D eigenvalue weighted by atomic mass is 15.2. The SMILES string of the molecule is C/N=C\N(C=N)C(C)C. The van der Waals surface area contributed by atoms with Gasteiger partial charge in [-0.05, 0) is 13.8 Å². The van der Waals surface area contributed by atoms with Crippen molar-refractivity contribution in [3.63, 3.8) is 0 Å². The molecule has 3 nitrogen and oxygen atoms in total. The number of aliphatic imine (C=N–C) groups is 1. The van der Waals surface area contributed by atoms with Gasteiger partial charge in [0.15, 0.2) is 0 Å². The van der Waals surface area contributed by atoms with Crippen LogP contribution in [0.5, 0.6) is 0 Å². The molecule has 0 saturated heterocycles. The molecule has 0 aromatic carbocycles. The Labute approximate surface area is 55.9 Å². The fraction of sp³-hybridized carbons (Fsp3) is 0.667. The number of nitrogens with zero attached hydrogens (tertiary/aromatic N) is 2. The van der Waals surface area contributed by atoms with E-state index in [1.165, 1.54) is 6.34 Å². The summed E-state index contributed by atoms with van der Waals surface area (Å²) in [6.45, 7) is 4.01. The van der Waals surface area contributed by atoms with Crippen molar-refractivity contribution in [2.24, 2.45) is 4.99 Å². The molecule has 9 heavy (non-hydrogen) atoms. The van der Waals surface area contributed by atoms with Gasteiger partial charge < -0.3 is 4.90 Å². The minimum atomic E-state index is 0.325. The largest absolute Gasteiger partial charge is 0.322 e. The summed E-state index contributed by atoms with van der Waals surface area (Å²) < 4.78 is 0. The van der Waals surface area contributed by atoms with Crippen LogP contribution in [0.1, 0.15) is 13.8 Å². The van der Waals surface area contributed by atoms with E-state index in [0.29, 0.717) is 6.04 Å². The third kappa shape index (κ3) is 2.85. The highest BCUT2D eigenvalue weighted by molar-refractivity contribution is 5.73. The van der Waals surface area contributed by atoms with Gasteiger partial charge in [0.1, 0.15) is 0 Å². The molecule has 0 saturated carbocycles. The molecule has 0 heterocycles. The summed E-state index contributed by atoms with van der Waals surface area (Å²) in [5.41, 5.74) is 0. The third-order valence-electron chi connectivity index (χ3n) is 0.994. The maximum Gasteiger partial charge on any atom is 0.0900 e. The zero-order chi connectivity index (χ0) is 7.28. The first-order chi connectivity index (χ1) is 4.22. The van der Waals surface area contributed by atoms with Crippen molar-refractivity contribution in [1.29, 1.82) is 5.41 Å². The Morgan fingerprint density at radius 2 is 2.11 bits per heavy atom. The molecular formula is C6H13N3. The lowest BCUT2D eigenvalue weighted by Gasteiger charge is -2.16. The molecule has 0 aliphatic carbocycles. The molecule has 3 heteroatoms. The van der Waals surface area contributed by atoms with Crippen LogP contribution in [0.4, 0.5) is 0 Å². The molecule has 0 spiro atoms. The van der Waals surface area contributed by atoms with E-state index < -0.39 is 0 Å². The van der Waals surface area contributed by atoms with Gasteiger partial charge >= 0.3 is 0 Å². The highest BCUT2D eigenvalue weighted by Crippen LogP contribution is 1.88. The second kappa shape index (κ2) is 4.06. The van der Waals surface area contributed by atoms with E-state index in [9.17, 15) is 0 Å². The Morgan fingerprint density at radius 3 is 2.22 bits per heavy atom. The van der Waals surface area contributed by atoms with E-state index in [2.05, 4.69) is 4.99 Å². The quantitative estimate of drug-likeness (QED) is 0.445. The Bertz CT molecular complexity index is 107. The first kappa shape index (κ1) is 8.14. The summed E-state index contributed by atoms with van der Waals surface area (Å²) >= 11 is 0. The van der Waals surface area contributed by atoms with Gasteiger partial charge in [-0.3, -0.25) is 10.4 Å². The van der Waals surface area contributed by atoms with Crippen molar-refractivity contribution in [1.82, 2.24) is 4.90 Å². The molecule has 1 N–H and O–H groups in total. The normalized spacial score (nSPS) is 10.7. The standard InChI is InChI=1S/C6H13N3/c1-6(2)9(4-7)5-8-3/h4-7H,1-3H3/b7-4?,8-5-. The molecule has 0 atom stereocenters. The molecule has 0 fully saturated rings. The Hall–Kier alpha value is -0.860. The van der Waals surface area contributed by atoms with Gasteiger partial charge in [0.2, 0.25) is 0 Å². The maximum atomic E-state index is 6.90. The number of hydrogen-bond donors (Lipinski definition) is 1. The average molecular weight is 127 g/mol.